The summed E-state index contributed by atoms with van der Waals surface area (Å²) in [4.78, 5) is 12.7. The minimum Gasteiger partial charge on any atom is -0.495 e. The highest BCUT2D eigenvalue weighted by Gasteiger charge is 2.29. The Morgan fingerprint density at radius 1 is 1.04 bits per heavy atom. The van der Waals surface area contributed by atoms with Gasteiger partial charge in [-0.05, 0) is 37.1 Å². The van der Waals surface area contributed by atoms with Crippen LogP contribution in [0.25, 0.3) is 0 Å². The highest BCUT2D eigenvalue weighted by molar-refractivity contribution is 7.92. The summed E-state index contributed by atoms with van der Waals surface area (Å²) in [5.41, 5.74) is 0.316. The van der Waals surface area contributed by atoms with Gasteiger partial charge in [-0.1, -0.05) is 44.2 Å². The number of carbonyl (C=O) groups is 1. The molecule has 7 heteroatoms. The smallest absolute Gasteiger partial charge is 0.264 e. The van der Waals surface area contributed by atoms with Crippen LogP contribution in [0.4, 0.5) is 5.69 Å². The Balaban J connectivity index is 2.45. The van der Waals surface area contributed by atoms with Crippen molar-refractivity contribution in [3.05, 3.63) is 54.6 Å². The SMILES string of the molecule is COc1ccccc1N(CC(=O)N[C@H](C)C(C)C)S(=O)(=O)c1ccccc1. The number of methoxy groups -OCH3 is 1. The quantitative estimate of drug-likeness (QED) is 0.752. The summed E-state index contributed by atoms with van der Waals surface area (Å²) in [6.07, 6.45) is 0. The van der Waals surface area contributed by atoms with Gasteiger partial charge in [-0.15, -0.1) is 0 Å². The molecule has 0 bridgehead atoms. The summed E-state index contributed by atoms with van der Waals surface area (Å²) in [6, 6.07) is 14.7. The van der Waals surface area contributed by atoms with Gasteiger partial charge in [-0.2, -0.15) is 0 Å². The number of sulfonamides is 1. The molecule has 2 aromatic rings. The summed E-state index contributed by atoms with van der Waals surface area (Å²) in [7, 11) is -2.48. The lowest BCUT2D eigenvalue weighted by atomic mass is 10.1. The Kier molecular flexibility index (Phi) is 6.85. The summed E-state index contributed by atoms with van der Waals surface area (Å²) in [5.74, 6) is 0.239. The van der Waals surface area contributed by atoms with E-state index >= 15 is 0 Å². The van der Waals surface area contributed by atoms with Crippen LogP contribution in [0.2, 0.25) is 0 Å². The van der Waals surface area contributed by atoms with Crippen molar-refractivity contribution in [1.29, 1.82) is 0 Å². The van der Waals surface area contributed by atoms with Crippen molar-refractivity contribution >= 4 is 21.6 Å². The second-order valence-electron chi connectivity index (χ2n) is 6.60. The number of ether oxygens (including phenoxy) is 1. The monoisotopic (exact) mass is 390 g/mol. The van der Waals surface area contributed by atoms with E-state index < -0.39 is 10.0 Å². The fourth-order valence-corrected chi connectivity index (χ4v) is 3.90. The van der Waals surface area contributed by atoms with Crippen LogP contribution in [0.1, 0.15) is 20.8 Å². The molecule has 27 heavy (non-hydrogen) atoms. The molecule has 0 aromatic heterocycles. The van der Waals surface area contributed by atoms with Crippen molar-refractivity contribution in [2.45, 2.75) is 31.7 Å². The molecule has 0 heterocycles. The van der Waals surface area contributed by atoms with E-state index in [0.717, 1.165) is 4.31 Å². The first-order valence-electron chi connectivity index (χ1n) is 8.77. The molecule has 0 saturated carbocycles. The third-order valence-corrected chi connectivity index (χ3v) is 6.13. The third-order valence-electron chi connectivity index (χ3n) is 4.36. The molecule has 2 rings (SSSR count). The van der Waals surface area contributed by atoms with Crippen molar-refractivity contribution in [2.75, 3.05) is 18.0 Å². The standard InChI is InChI=1S/C20H26N2O4S/c1-15(2)16(3)21-20(23)14-22(18-12-8-9-13-19(18)26-4)27(24,25)17-10-6-5-7-11-17/h5-13,15-16H,14H2,1-4H3,(H,21,23)/t16-/m1/s1. The van der Waals surface area contributed by atoms with E-state index in [9.17, 15) is 13.2 Å². The normalized spacial score (nSPS) is 12.5. The van der Waals surface area contributed by atoms with E-state index in [0.29, 0.717) is 11.4 Å². The molecule has 0 aliphatic heterocycles. The van der Waals surface area contributed by atoms with E-state index in [-0.39, 0.29) is 29.3 Å². The minimum absolute atomic E-state index is 0.0727. The molecule has 1 N–H and O–H groups in total. The number of hydrogen-bond acceptors (Lipinski definition) is 4. The van der Waals surface area contributed by atoms with Crippen LogP contribution in [0.3, 0.4) is 0 Å². The second-order valence-corrected chi connectivity index (χ2v) is 8.46. The Bertz CT molecular complexity index is 867. The van der Waals surface area contributed by atoms with E-state index in [1.54, 1.807) is 42.5 Å². The first kappa shape index (κ1) is 20.8. The second kappa shape index (κ2) is 8.90. The van der Waals surface area contributed by atoms with Crippen LogP contribution in [-0.4, -0.2) is 34.0 Å². The number of carbonyl (C=O) groups excluding carboxylic acids is 1. The molecule has 2 aromatic carbocycles. The van der Waals surface area contributed by atoms with Crippen molar-refractivity contribution < 1.29 is 17.9 Å². The summed E-state index contributed by atoms with van der Waals surface area (Å²) in [6.45, 7) is 5.53. The van der Waals surface area contributed by atoms with Crippen LogP contribution < -0.4 is 14.4 Å². The lowest BCUT2D eigenvalue weighted by Crippen LogP contribution is -2.45. The number of rotatable bonds is 8. The van der Waals surface area contributed by atoms with Crippen LogP contribution in [-0.2, 0) is 14.8 Å². The molecule has 0 fully saturated rings. The highest BCUT2D eigenvalue weighted by atomic mass is 32.2. The highest BCUT2D eigenvalue weighted by Crippen LogP contribution is 2.32. The Hall–Kier alpha value is -2.54. The van der Waals surface area contributed by atoms with Gasteiger partial charge in [0.05, 0.1) is 17.7 Å². The summed E-state index contributed by atoms with van der Waals surface area (Å²) in [5, 5.41) is 2.85. The number of nitrogens with zero attached hydrogens (tertiary/aromatic N) is 1. The maximum absolute atomic E-state index is 13.2. The minimum atomic E-state index is -3.95. The predicted molar refractivity (Wildman–Crippen MR) is 106 cm³/mol. The molecule has 0 spiro atoms. The zero-order valence-electron chi connectivity index (χ0n) is 16.0. The van der Waals surface area contributed by atoms with E-state index in [1.807, 2.05) is 20.8 Å². The first-order chi connectivity index (χ1) is 12.8. The number of amides is 1. The van der Waals surface area contributed by atoms with Crippen molar-refractivity contribution in [3.63, 3.8) is 0 Å². The van der Waals surface area contributed by atoms with Crippen molar-refractivity contribution in [2.24, 2.45) is 5.92 Å². The van der Waals surface area contributed by atoms with E-state index in [2.05, 4.69) is 5.32 Å². The molecule has 6 nitrogen and oxygen atoms in total. The van der Waals surface area contributed by atoms with Gasteiger partial charge in [0.25, 0.3) is 10.0 Å². The summed E-state index contributed by atoms with van der Waals surface area (Å²) < 4.78 is 32.9. The Morgan fingerprint density at radius 2 is 1.63 bits per heavy atom. The average Bonchev–Trinajstić information content (AvgIpc) is 2.66. The fourth-order valence-electron chi connectivity index (χ4n) is 2.45. The summed E-state index contributed by atoms with van der Waals surface area (Å²) >= 11 is 0. The Morgan fingerprint density at radius 3 is 2.22 bits per heavy atom. The predicted octanol–water partition coefficient (Wildman–Crippen LogP) is 3.05. The number of hydrogen-bond donors (Lipinski definition) is 1. The van der Waals surface area contributed by atoms with Gasteiger partial charge in [0.2, 0.25) is 5.91 Å². The van der Waals surface area contributed by atoms with Crippen LogP contribution >= 0.6 is 0 Å². The van der Waals surface area contributed by atoms with E-state index in [1.165, 1.54) is 19.2 Å². The molecule has 0 radical (unpaired) electrons. The molecular formula is C20H26N2O4S. The maximum Gasteiger partial charge on any atom is 0.264 e. The Labute approximate surface area is 161 Å². The van der Waals surface area contributed by atoms with Crippen LogP contribution in [0.5, 0.6) is 5.75 Å². The largest absolute Gasteiger partial charge is 0.495 e. The molecule has 1 amide bonds. The maximum atomic E-state index is 13.2. The molecule has 0 aliphatic rings. The third kappa shape index (κ3) is 5.01. The van der Waals surface area contributed by atoms with Gasteiger partial charge >= 0.3 is 0 Å². The van der Waals surface area contributed by atoms with Crippen molar-refractivity contribution in [1.82, 2.24) is 5.32 Å². The lowest BCUT2D eigenvalue weighted by molar-refractivity contribution is -0.120. The lowest BCUT2D eigenvalue weighted by Gasteiger charge is -2.27. The molecule has 0 saturated heterocycles. The first-order valence-corrected chi connectivity index (χ1v) is 10.2. The molecule has 146 valence electrons. The number of benzene rings is 2. The zero-order valence-corrected chi connectivity index (χ0v) is 16.9. The fraction of sp³-hybridized carbons (Fsp3) is 0.350. The molecule has 0 unspecified atom stereocenters. The zero-order chi connectivity index (χ0) is 20.0. The number of anilines is 1. The van der Waals surface area contributed by atoms with Gasteiger partial charge in [0.15, 0.2) is 0 Å². The molecule has 1 atom stereocenters. The van der Waals surface area contributed by atoms with Gasteiger partial charge in [-0.3, -0.25) is 9.10 Å². The molecule has 0 aliphatic carbocycles. The van der Waals surface area contributed by atoms with Gasteiger partial charge in [0.1, 0.15) is 12.3 Å². The van der Waals surface area contributed by atoms with Gasteiger partial charge < -0.3 is 10.1 Å². The topological polar surface area (TPSA) is 75.7 Å². The van der Waals surface area contributed by atoms with E-state index in [4.69, 9.17) is 4.74 Å². The van der Waals surface area contributed by atoms with Crippen LogP contribution in [0.15, 0.2) is 59.5 Å². The number of nitrogens with one attached hydrogen (secondary N) is 1. The van der Waals surface area contributed by atoms with Crippen LogP contribution in [0, 0.1) is 5.92 Å². The average molecular weight is 391 g/mol. The van der Waals surface area contributed by atoms with Gasteiger partial charge in [0, 0.05) is 6.04 Å². The van der Waals surface area contributed by atoms with Gasteiger partial charge in [-0.25, -0.2) is 8.42 Å². The molecular weight excluding hydrogens is 364 g/mol. The van der Waals surface area contributed by atoms with Crippen molar-refractivity contribution in [3.8, 4) is 5.75 Å². The number of para-hydroxylation sites is 2.